The standard InChI is InChI=1S/C11H14N2O6/c1-6(9(15)13-7(5-14)11(17)18)12-10(16)8-3-2-4-19-8/h2-4,6-7,14H,5H2,1H3,(H,12,16)(H,13,15)(H,17,18)/t6?,7-/m1/s1. The van der Waals surface area contributed by atoms with E-state index >= 15 is 0 Å². The van der Waals surface area contributed by atoms with Gasteiger partial charge in [0.2, 0.25) is 5.91 Å². The van der Waals surface area contributed by atoms with Crippen molar-refractivity contribution in [3.05, 3.63) is 24.2 Å². The molecule has 0 aliphatic carbocycles. The van der Waals surface area contributed by atoms with Crippen molar-refractivity contribution < 1.29 is 29.0 Å². The first-order valence-electron chi connectivity index (χ1n) is 5.44. The Hall–Kier alpha value is -2.35. The van der Waals surface area contributed by atoms with E-state index in [-0.39, 0.29) is 5.76 Å². The van der Waals surface area contributed by atoms with Gasteiger partial charge in [-0.3, -0.25) is 9.59 Å². The maximum atomic E-state index is 11.6. The van der Waals surface area contributed by atoms with E-state index in [2.05, 4.69) is 10.6 Å². The number of aliphatic carboxylic acids is 1. The first-order valence-corrected chi connectivity index (χ1v) is 5.44. The summed E-state index contributed by atoms with van der Waals surface area (Å²) in [6, 6.07) is 0.570. The normalized spacial score (nSPS) is 13.4. The highest BCUT2D eigenvalue weighted by atomic mass is 16.4. The van der Waals surface area contributed by atoms with Gasteiger partial charge in [-0.05, 0) is 19.1 Å². The summed E-state index contributed by atoms with van der Waals surface area (Å²) in [5.74, 6) is -2.64. The van der Waals surface area contributed by atoms with Crippen LogP contribution in [0.15, 0.2) is 22.8 Å². The maximum absolute atomic E-state index is 11.6. The molecule has 0 aliphatic rings. The van der Waals surface area contributed by atoms with Crippen LogP contribution in [0.25, 0.3) is 0 Å². The predicted octanol–water partition coefficient (Wildman–Crippen LogP) is -1.04. The number of furan rings is 1. The molecule has 19 heavy (non-hydrogen) atoms. The number of carbonyl (C=O) groups excluding carboxylic acids is 2. The van der Waals surface area contributed by atoms with Gasteiger partial charge in [0, 0.05) is 0 Å². The number of amides is 2. The zero-order valence-electron chi connectivity index (χ0n) is 10.1. The quantitative estimate of drug-likeness (QED) is 0.522. The van der Waals surface area contributed by atoms with E-state index in [4.69, 9.17) is 14.6 Å². The molecule has 0 aromatic carbocycles. The van der Waals surface area contributed by atoms with Crippen LogP contribution in [-0.4, -0.2) is 46.7 Å². The van der Waals surface area contributed by atoms with Gasteiger partial charge in [0.25, 0.3) is 5.91 Å². The van der Waals surface area contributed by atoms with Crippen LogP contribution in [0.3, 0.4) is 0 Å². The summed E-state index contributed by atoms with van der Waals surface area (Å²) in [6.45, 7) is 0.645. The van der Waals surface area contributed by atoms with Crippen LogP contribution in [0.1, 0.15) is 17.5 Å². The van der Waals surface area contributed by atoms with Gasteiger partial charge in [0.1, 0.15) is 12.1 Å². The molecule has 0 spiro atoms. The third kappa shape index (κ3) is 4.11. The van der Waals surface area contributed by atoms with Crippen LogP contribution in [0.2, 0.25) is 0 Å². The molecule has 8 nitrogen and oxygen atoms in total. The van der Waals surface area contributed by atoms with Crippen molar-refractivity contribution in [1.82, 2.24) is 10.6 Å². The Bertz CT molecular complexity index is 456. The average Bonchev–Trinajstić information content (AvgIpc) is 2.88. The van der Waals surface area contributed by atoms with Gasteiger partial charge in [0.05, 0.1) is 12.9 Å². The van der Waals surface area contributed by atoms with Gasteiger partial charge >= 0.3 is 5.97 Å². The minimum atomic E-state index is -1.41. The summed E-state index contributed by atoms with van der Waals surface area (Å²) < 4.78 is 4.84. The minimum Gasteiger partial charge on any atom is -0.480 e. The van der Waals surface area contributed by atoms with E-state index in [9.17, 15) is 14.4 Å². The van der Waals surface area contributed by atoms with Gasteiger partial charge in [0.15, 0.2) is 5.76 Å². The topological polar surface area (TPSA) is 129 Å². The smallest absolute Gasteiger partial charge is 0.328 e. The van der Waals surface area contributed by atoms with Crippen LogP contribution in [0.5, 0.6) is 0 Å². The van der Waals surface area contributed by atoms with Gasteiger partial charge in [-0.25, -0.2) is 4.79 Å². The molecular formula is C11H14N2O6. The van der Waals surface area contributed by atoms with Crippen molar-refractivity contribution in [3.63, 3.8) is 0 Å². The molecule has 4 N–H and O–H groups in total. The number of hydrogen-bond acceptors (Lipinski definition) is 5. The van der Waals surface area contributed by atoms with Gasteiger partial charge in [-0.1, -0.05) is 0 Å². The molecule has 1 aromatic rings. The summed E-state index contributed by atoms with van der Waals surface area (Å²) in [5, 5.41) is 21.8. The Morgan fingerprint density at radius 3 is 2.53 bits per heavy atom. The number of aliphatic hydroxyl groups is 1. The van der Waals surface area contributed by atoms with E-state index < -0.39 is 36.5 Å². The summed E-state index contributed by atoms with van der Waals surface area (Å²) in [5.41, 5.74) is 0. The van der Waals surface area contributed by atoms with Crippen LogP contribution in [0, 0.1) is 0 Å². The summed E-state index contributed by atoms with van der Waals surface area (Å²) >= 11 is 0. The van der Waals surface area contributed by atoms with Crippen LogP contribution in [0.4, 0.5) is 0 Å². The molecule has 0 saturated heterocycles. The number of nitrogens with one attached hydrogen (secondary N) is 2. The van der Waals surface area contributed by atoms with E-state index in [0.717, 1.165) is 0 Å². The monoisotopic (exact) mass is 270 g/mol. The minimum absolute atomic E-state index is 0.0385. The van der Waals surface area contributed by atoms with Crippen molar-refractivity contribution in [2.75, 3.05) is 6.61 Å². The summed E-state index contributed by atoms with van der Waals surface area (Å²) in [6.07, 6.45) is 1.31. The second-order valence-electron chi connectivity index (χ2n) is 3.75. The van der Waals surface area contributed by atoms with Crippen LogP contribution >= 0.6 is 0 Å². The van der Waals surface area contributed by atoms with Crippen molar-refractivity contribution in [3.8, 4) is 0 Å². The molecule has 8 heteroatoms. The van der Waals surface area contributed by atoms with E-state index in [0.29, 0.717) is 0 Å². The molecule has 0 aliphatic heterocycles. The van der Waals surface area contributed by atoms with E-state index in [1.54, 1.807) is 0 Å². The summed E-state index contributed by atoms with van der Waals surface area (Å²) in [7, 11) is 0. The predicted molar refractivity (Wildman–Crippen MR) is 62.3 cm³/mol. The molecular weight excluding hydrogens is 256 g/mol. The third-order valence-corrected chi connectivity index (χ3v) is 2.28. The molecule has 0 fully saturated rings. The van der Waals surface area contributed by atoms with Crippen molar-refractivity contribution >= 4 is 17.8 Å². The van der Waals surface area contributed by atoms with Crippen molar-refractivity contribution in [1.29, 1.82) is 0 Å². The first-order chi connectivity index (χ1) is 8.95. The highest BCUT2D eigenvalue weighted by molar-refractivity contribution is 5.96. The lowest BCUT2D eigenvalue weighted by Crippen LogP contribution is -2.51. The Labute approximate surface area is 108 Å². The molecule has 0 bridgehead atoms. The van der Waals surface area contributed by atoms with E-state index in [1.807, 2.05) is 0 Å². The lowest BCUT2D eigenvalue weighted by atomic mass is 10.2. The van der Waals surface area contributed by atoms with Crippen molar-refractivity contribution in [2.45, 2.75) is 19.0 Å². The lowest BCUT2D eigenvalue weighted by Gasteiger charge is -2.16. The number of carbonyl (C=O) groups is 3. The van der Waals surface area contributed by atoms with E-state index in [1.165, 1.54) is 25.3 Å². The zero-order valence-corrected chi connectivity index (χ0v) is 10.1. The fraction of sp³-hybridized carbons (Fsp3) is 0.364. The number of carboxylic acids is 1. The first kappa shape index (κ1) is 14.7. The third-order valence-electron chi connectivity index (χ3n) is 2.28. The SMILES string of the molecule is CC(NC(=O)c1ccco1)C(=O)N[C@H](CO)C(=O)O. The van der Waals surface area contributed by atoms with Gasteiger partial charge in [-0.15, -0.1) is 0 Å². The lowest BCUT2D eigenvalue weighted by molar-refractivity contribution is -0.143. The fourth-order valence-electron chi connectivity index (χ4n) is 1.22. The fourth-order valence-corrected chi connectivity index (χ4v) is 1.22. The Kier molecular flexibility index (Phi) is 5.07. The molecule has 104 valence electrons. The summed E-state index contributed by atoms with van der Waals surface area (Å²) in [4.78, 5) is 33.8. The number of carboxylic acid groups (broad SMARTS) is 1. The molecule has 0 saturated carbocycles. The number of hydrogen-bond donors (Lipinski definition) is 4. The Morgan fingerprint density at radius 1 is 1.37 bits per heavy atom. The molecule has 2 atom stereocenters. The molecule has 1 rings (SSSR count). The Morgan fingerprint density at radius 2 is 2.05 bits per heavy atom. The maximum Gasteiger partial charge on any atom is 0.328 e. The second-order valence-corrected chi connectivity index (χ2v) is 3.75. The average molecular weight is 270 g/mol. The molecule has 0 radical (unpaired) electrons. The molecule has 1 unspecified atom stereocenters. The largest absolute Gasteiger partial charge is 0.480 e. The van der Waals surface area contributed by atoms with Crippen LogP contribution < -0.4 is 10.6 Å². The van der Waals surface area contributed by atoms with Gasteiger partial charge < -0.3 is 25.3 Å². The highest BCUT2D eigenvalue weighted by Crippen LogP contribution is 2.00. The zero-order chi connectivity index (χ0) is 14.4. The Balaban J connectivity index is 2.53. The highest BCUT2D eigenvalue weighted by Gasteiger charge is 2.23. The second kappa shape index (κ2) is 6.55. The van der Waals surface area contributed by atoms with Crippen molar-refractivity contribution in [2.24, 2.45) is 0 Å². The van der Waals surface area contributed by atoms with Gasteiger partial charge in [-0.2, -0.15) is 0 Å². The molecule has 1 heterocycles. The molecule has 2 amide bonds. The molecule has 1 aromatic heterocycles. The number of aliphatic hydroxyl groups excluding tert-OH is 1. The number of rotatable bonds is 6. The van der Waals surface area contributed by atoms with Crippen LogP contribution in [-0.2, 0) is 9.59 Å².